The van der Waals surface area contributed by atoms with Crippen LogP contribution in [0.3, 0.4) is 0 Å². The van der Waals surface area contributed by atoms with Gasteiger partial charge in [-0.1, -0.05) is 45.7 Å². The van der Waals surface area contributed by atoms with E-state index in [9.17, 15) is 28.4 Å². The molecule has 0 radical (unpaired) electrons. The van der Waals surface area contributed by atoms with Gasteiger partial charge >= 0.3 is 0 Å². The van der Waals surface area contributed by atoms with Gasteiger partial charge in [0.15, 0.2) is 0 Å². The molecule has 2 aliphatic heterocycles. The molecule has 2 heterocycles. The number of fused-ring (bicyclic) bond motifs is 1. The standard InChI is InChI=1S/C25H37ClFN5O5/c1-5-12(2)17(29-21(34)13-6-7-13)23(36)31-11-15-16(25(15,3)4)18(31)22(35)30-32(24(37)19(26)27)10-14-8-9-28-20(14)33/h12-19H,5-11H2,1-4H3,(H,28,33)(H,29,34)(H,30,35)/t12-,14-,15-,16-,17-,18-,19-/m0/s1. The molecule has 0 aromatic rings. The van der Waals surface area contributed by atoms with E-state index in [2.05, 4.69) is 16.1 Å². The van der Waals surface area contributed by atoms with Gasteiger partial charge in [0.1, 0.15) is 12.1 Å². The summed E-state index contributed by atoms with van der Waals surface area (Å²) in [7, 11) is 0. The highest BCUT2D eigenvalue weighted by Crippen LogP contribution is 2.65. The van der Waals surface area contributed by atoms with Crippen molar-refractivity contribution < 1.29 is 28.4 Å². The van der Waals surface area contributed by atoms with Crippen LogP contribution in [0.1, 0.15) is 53.4 Å². The molecular formula is C25H37ClFN5O5. The molecule has 2 aliphatic carbocycles. The van der Waals surface area contributed by atoms with E-state index in [-0.39, 0.29) is 53.4 Å². The molecule has 4 fully saturated rings. The summed E-state index contributed by atoms with van der Waals surface area (Å²) in [6.45, 7) is 8.41. The van der Waals surface area contributed by atoms with Crippen LogP contribution in [0.25, 0.3) is 0 Å². The number of nitrogens with zero attached hydrogens (tertiary/aromatic N) is 2. The second-order valence-corrected chi connectivity index (χ2v) is 11.9. The topological polar surface area (TPSA) is 128 Å². The number of hydrazine groups is 1. The summed E-state index contributed by atoms with van der Waals surface area (Å²) in [6.07, 6.45) is 2.70. The van der Waals surface area contributed by atoms with Crippen molar-refractivity contribution >= 4 is 41.1 Å². The summed E-state index contributed by atoms with van der Waals surface area (Å²) < 4.78 is 13.8. The van der Waals surface area contributed by atoms with Crippen LogP contribution in [0.2, 0.25) is 0 Å². The summed E-state index contributed by atoms with van der Waals surface area (Å²) >= 11 is 5.41. The molecule has 37 heavy (non-hydrogen) atoms. The lowest BCUT2D eigenvalue weighted by Gasteiger charge is -2.36. The first-order valence-corrected chi connectivity index (χ1v) is 13.6. The highest BCUT2D eigenvalue weighted by atomic mass is 35.5. The van der Waals surface area contributed by atoms with Crippen molar-refractivity contribution in [3.63, 3.8) is 0 Å². The van der Waals surface area contributed by atoms with Crippen molar-refractivity contribution in [2.45, 2.75) is 71.1 Å². The van der Waals surface area contributed by atoms with E-state index >= 15 is 0 Å². The molecule has 4 rings (SSSR count). The van der Waals surface area contributed by atoms with E-state index in [0.29, 0.717) is 25.9 Å². The lowest BCUT2D eigenvalue weighted by Crippen LogP contribution is -2.60. The van der Waals surface area contributed by atoms with Crippen LogP contribution < -0.4 is 16.1 Å². The van der Waals surface area contributed by atoms with Crippen LogP contribution in [0.5, 0.6) is 0 Å². The summed E-state index contributed by atoms with van der Waals surface area (Å²) in [5.41, 5.74) is -0.119. The minimum absolute atomic E-state index is 0.0686. The molecule has 0 aromatic heterocycles. The number of rotatable bonds is 9. The van der Waals surface area contributed by atoms with Gasteiger partial charge in [-0.2, -0.15) is 0 Å². The molecule has 5 amide bonds. The Labute approximate surface area is 221 Å². The number of amides is 5. The number of halogens is 2. The zero-order valence-corrected chi connectivity index (χ0v) is 22.5. The average Bonchev–Trinajstić information content (AvgIpc) is 3.67. The number of nitrogens with one attached hydrogen (secondary N) is 3. The van der Waals surface area contributed by atoms with Crippen LogP contribution in [0, 0.1) is 35.0 Å². The monoisotopic (exact) mass is 541 g/mol. The van der Waals surface area contributed by atoms with Crippen molar-refractivity contribution in [2.24, 2.45) is 35.0 Å². The molecule has 3 N–H and O–H groups in total. The van der Waals surface area contributed by atoms with E-state index in [0.717, 1.165) is 17.9 Å². The van der Waals surface area contributed by atoms with Gasteiger partial charge < -0.3 is 15.5 Å². The number of alkyl halides is 2. The van der Waals surface area contributed by atoms with E-state index in [1.54, 1.807) is 0 Å². The Morgan fingerprint density at radius 2 is 1.89 bits per heavy atom. The molecule has 12 heteroatoms. The maximum atomic E-state index is 13.8. The highest BCUT2D eigenvalue weighted by molar-refractivity contribution is 6.29. The Hall–Kier alpha value is -2.43. The summed E-state index contributed by atoms with van der Waals surface area (Å²) in [6, 6.07) is -1.68. The lowest BCUT2D eigenvalue weighted by molar-refractivity contribution is -0.150. The number of hydrogen-bond acceptors (Lipinski definition) is 5. The largest absolute Gasteiger partial charge is 0.356 e. The van der Waals surface area contributed by atoms with Crippen molar-refractivity contribution in [3.8, 4) is 0 Å². The molecule has 206 valence electrons. The second kappa shape index (κ2) is 10.4. The van der Waals surface area contributed by atoms with Crippen molar-refractivity contribution in [3.05, 3.63) is 0 Å². The quantitative estimate of drug-likeness (QED) is 0.296. The molecule has 2 saturated heterocycles. The molecule has 0 aromatic carbocycles. The summed E-state index contributed by atoms with van der Waals surface area (Å²) in [5, 5.41) is 6.32. The maximum absolute atomic E-state index is 13.8. The number of likely N-dealkylation sites (tertiary alicyclic amines) is 1. The van der Waals surface area contributed by atoms with Gasteiger partial charge in [-0.15, -0.1) is 0 Å². The number of hydrogen-bond donors (Lipinski definition) is 3. The fraction of sp³-hybridized carbons (Fsp3) is 0.800. The van der Waals surface area contributed by atoms with Crippen molar-refractivity contribution in [1.82, 2.24) is 26.0 Å². The van der Waals surface area contributed by atoms with Gasteiger partial charge in [-0.05, 0) is 42.4 Å². The van der Waals surface area contributed by atoms with Gasteiger partial charge in [-0.3, -0.25) is 29.4 Å². The number of carbonyl (C=O) groups is 5. The van der Waals surface area contributed by atoms with Crippen LogP contribution in [-0.4, -0.2) is 76.8 Å². The number of carbonyl (C=O) groups excluding carboxylic acids is 5. The lowest BCUT2D eigenvalue weighted by atomic mass is 9.95. The normalized spacial score (nSPS) is 30.0. The third kappa shape index (κ3) is 5.42. The van der Waals surface area contributed by atoms with E-state index in [1.807, 2.05) is 27.7 Å². The third-order valence-corrected chi connectivity index (χ3v) is 8.94. The molecule has 0 unspecified atom stereocenters. The Morgan fingerprint density at radius 3 is 2.43 bits per heavy atom. The van der Waals surface area contributed by atoms with Crippen LogP contribution >= 0.6 is 11.6 Å². The van der Waals surface area contributed by atoms with Crippen molar-refractivity contribution in [1.29, 1.82) is 0 Å². The fourth-order valence-electron chi connectivity index (χ4n) is 5.84. The molecule has 2 saturated carbocycles. The van der Waals surface area contributed by atoms with Crippen LogP contribution in [0.15, 0.2) is 0 Å². The summed E-state index contributed by atoms with van der Waals surface area (Å²) in [4.78, 5) is 66.0. The first kappa shape index (κ1) is 27.6. The van der Waals surface area contributed by atoms with Gasteiger partial charge in [0, 0.05) is 19.0 Å². The molecule has 10 nitrogen and oxygen atoms in total. The Balaban J connectivity index is 1.54. The third-order valence-electron chi connectivity index (χ3n) is 8.75. The minimum Gasteiger partial charge on any atom is -0.356 e. The first-order chi connectivity index (χ1) is 17.4. The average molecular weight is 542 g/mol. The van der Waals surface area contributed by atoms with Crippen LogP contribution in [-0.2, 0) is 24.0 Å². The SMILES string of the molecule is CC[C@H](C)[C@H](NC(=O)C1CC1)C(=O)N1C[C@H]2[C@@H]([C@H]1C(=O)NN(C[C@@H]1CCNC1=O)C(=O)[C@H](F)Cl)C2(C)C. The molecule has 4 aliphatic rings. The summed E-state index contributed by atoms with van der Waals surface area (Å²) in [5.74, 6) is -3.48. The van der Waals surface area contributed by atoms with Crippen molar-refractivity contribution in [2.75, 3.05) is 19.6 Å². The van der Waals surface area contributed by atoms with Gasteiger partial charge in [0.25, 0.3) is 17.4 Å². The maximum Gasteiger partial charge on any atom is 0.291 e. The Bertz CT molecular complexity index is 973. The predicted octanol–water partition coefficient (Wildman–Crippen LogP) is 0.941. The zero-order valence-electron chi connectivity index (χ0n) is 21.8. The minimum atomic E-state index is -2.40. The highest BCUT2D eigenvalue weighted by Gasteiger charge is 2.69. The van der Waals surface area contributed by atoms with E-state index < -0.39 is 35.4 Å². The zero-order chi connectivity index (χ0) is 27.2. The Morgan fingerprint density at radius 1 is 1.22 bits per heavy atom. The second-order valence-electron chi connectivity index (χ2n) is 11.5. The smallest absolute Gasteiger partial charge is 0.291 e. The molecule has 0 bridgehead atoms. The molecule has 7 atom stereocenters. The van der Waals surface area contributed by atoms with Gasteiger partial charge in [0.2, 0.25) is 17.7 Å². The number of piperidine rings is 1. The van der Waals surface area contributed by atoms with E-state index in [4.69, 9.17) is 11.6 Å². The van der Waals surface area contributed by atoms with Gasteiger partial charge in [-0.25, -0.2) is 9.40 Å². The fourth-order valence-corrected chi connectivity index (χ4v) is 5.96. The molecule has 0 spiro atoms. The first-order valence-electron chi connectivity index (χ1n) is 13.2. The van der Waals surface area contributed by atoms with E-state index in [1.165, 1.54) is 4.90 Å². The Kier molecular flexibility index (Phi) is 7.74. The van der Waals surface area contributed by atoms with Crippen LogP contribution in [0.4, 0.5) is 4.39 Å². The predicted molar refractivity (Wildman–Crippen MR) is 132 cm³/mol. The molecular weight excluding hydrogens is 505 g/mol. The van der Waals surface area contributed by atoms with Gasteiger partial charge in [0.05, 0.1) is 12.5 Å².